The van der Waals surface area contributed by atoms with Crippen molar-refractivity contribution in [3.8, 4) is 5.75 Å². The Morgan fingerprint density at radius 2 is 1.71 bits per heavy atom. The first-order valence-electron chi connectivity index (χ1n) is 8.84. The van der Waals surface area contributed by atoms with Crippen LogP contribution in [0.4, 0.5) is 4.79 Å². The Hall–Kier alpha value is -1.51. The molecule has 3 N–H and O–H groups in total. The van der Waals surface area contributed by atoms with Crippen LogP contribution in [0.15, 0.2) is 48.5 Å². The Kier molecular flexibility index (Phi) is 7.59. The van der Waals surface area contributed by atoms with Gasteiger partial charge in [0.25, 0.3) is 0 Å². The maximum Gasteiger partial charge on any atom is 0.404 e. The van der Waals surface area contributed by atoms with Crippen molar-refractivity contribution in [2.75, 3.05) is 6.61 Å². The number of rotatable bonds is 7. The number of nitrogens with two attached hydrogens (primary N) is 1. The maximum atomic E-state index is 11.7. The minimum Gasteiger partial charge on any atom is -0.487 e. The third-order valence-electron chi connectivity index (χ3n) is 4.61. The van der Waals surface area contributed by atoms with E-state index in [1.54, 1.807) is 24.3 Å². The molecule has 0 aliphatic rings. The standard InChI is InChI=1S/C21H25ClINO4/c1-20(2,3)21(26,14-4-6-15(22)7-5-14)12-18(13-27-19(24)25)28-17-10-8-16(23)9-11-17/h4-11,18,26H,12-13H2,1-3H3,(H2,24,25)/t18?,21-/m0/s1. The van der Waals surface area contributed by atoms with Gasteiger partial charge in [0.1, 0.15) is 18.5 Å². The van der Waals surface area contributed by atoms with E-state index in [0.29, 0.717) is 16.3 Å². The van der Waals surface area contributed by atoms with Crippen LogP contribution in [0.3, 0.4) is 0 Å². The van der Waals surface area contributed by atoms with Gasteiger partial charge in [-0.3, -0.25) is 0 Å². The first-order valence-corrected chi connectivity index (χ1v) is 10.3. The second kappa shape index (κ2) is 9.33. The second-order valence-electron chi connectivity index (χ2n) is 7.65. The molecule has 0 saturated heterocycles. The predicted octanol–water partition coefficient (Wildman–Crippen LogP) is 5.11. The summed E-state index contributed by atoms with van der Waals surface area (Å²) >= 11 is 8.21. The van der Waals surface area contributed by atoms with Gasteiger partial charge in [-0.15, -0.1) is 0 Å². The summed E-state index contributed by atoms with van der Waals surface area (Å²) in [6, 6.07) is 14.6. The number of hydrogen-bond acceptors (Lipinski definition) is 4. The summed E-state index contributed by atoms with van der Waals surface area (Å²) in [6.45, 7) is 5.75. The van der Waals surface area contributed by atoms with Crippen molar-refractivity contribution in [1.29, 1.82) is 0 Å². The van der Waals surface area contributed by atoms with Crippen LogP contribution in [0.2, 0.25) is 5.02 Å². The van der Waals surface area contributed by atoms with E-state index in [2.05, 4.69) is 22.6 Å². The largest absolute Gasteiger partial charge is 0.487 e. The summed E-state index contributed by atoms with van der Waals surface area (Å²) in [5.41, 5.74) is 4.06. The smallest absolute Gasteiger partial charge is 0.404 e. The maximum absolute atomic E-state index is 11.7. The van der Waals surface area contributed by atoms with Gasteiger partial charge in [-0.1, -0.05) is 44.5 Å². The zero-order chi connectivity index (χ0) is 20.9. The van der Waals surface area contributed by atoms with E-state index in [4.69, 9.17) is 26.8 Å². The molecule has 152 valence electrons. The van der Waals surface area contributed by atoms with Crippen LogP contribution in [0, 0.1) is 8.99 Å². The van der Waals surface area contributed by atoms with E-state index >= 15 is 0 Å². The third kappa shape index (κ3) is 5.99. The van der Waals surface area contributed by atoms with Crippen molar-refractivity contribution < 1.29 is 19.4 Å². The lowest BCUT2D eigenvalue weighted by Crippen LogP contribution is -2.45. The summed E-state index contributed by atoms with van der Waals surface area (Å²) in [6.07, 6.45) is -1.30. The number of benzene rings is 2. The molecule has 0 aromatic heterocycles. The zero-order valence-electron chi connectivity index (χ0n) is 16.1. The van der Waals surface area contributed by atoms with Crippen molar-refractivity contribution in [2.24, 2.45) is 11.1 Å². The van der Waals surface area contributed by atoms with Crippen molar-refractivity contribution >= 4 is 40.3 Å². The fraction of sp³-hybridized carbons (Fsp3) is 0.381. The Labute approximate surface area is 184 Å². The summed E-state index contributed by atoms with van der Waals surface area (Å²) in [7, 11) is 0. The molecule has 0 aliphatic heterocycles. The number of amides is 1. The molecule has 7 heteroatoms. The summed E-state index contributed by atoms with van der Waals surface area (Å²) in [5.74, 6) is 0.617. The number of carbonyl (C=O) groups is 1. The Morgan fingerprint density at radius 1 is 1.14 bits per heavy atom. The fourth-order valence-electron chi connectivity index (χ4n) is 2.93. The molecule has 0 bridgehead atoms. The Bertz CT molecular complexity index is 790. The number of halogens is 2. The minimum absolute atomic E-state index is 0.0761. The number of hydrogen-bond donors (Lipinski definition) is 2. The molecule has 2 atom stereocenters. The highest BCUT2D eigenvalue weighted by atomic mass is 127. The molecule has 5 nitrogen and oxygen atoms in total. The van der Waals surface area contributed by atoms with Crippen molar-refractivity contribution in [2.45, 2.75) is 38.9 Å². The Morgan fingerprint density at radius 3 is 2.21 bits per heavy atom. The van der Waals surface area contributed by atoms with Gasteiger partial charge in [-0.2, -0.15) is 0 Å². The molecule has 0 fully saturated rings. The topological polar surface area (TPSA) is 81.8 Å². The average molecular weight is 518 g/mol. The van der Waals surface area contributed by atoms with Crippen LogP contribution in [-0.4, -0.2) is 23.9 Å². The van der Waals surface area contributed by atoms with E-state index in [1.807, 2.05) is 45.0 Å². The number of carbonyl (C=O) groups excluding carboxylic acids is 1. The highest BCUT2D eigenvalue weighted by Crippen LogP contribution is 2.43. The molecule has 2 rings (SSSR count). The summed E-state index contributed by atoms with van der Waals surface area (Å²) < 4.78 is 12.1. The van der Waals surface area contributed by atoms with Gasteiger partial charge < -0.3 is 20.3 Å². The van der Waals surface area contributed by atoms with E-state index in [9.17, 15) is 9.90 Å². The highest BCUT2D eigenvalue weighted by Gasteiger charge is 2.44. The van der Waals surface area contributed by atoms with Gasteiger partial charge in [0.05, 0.1) is 5.60 Å². The predicted molar refractivity (Wildman–Crippen MR) is 119 cm³/mol. The van der Waals surface area contributed by atoms with Gasteiger partial charge in [-0.05, 0) is 70.0 Å². The highest BCUT2D eigenvalue weighted by molar-refractivity contribution is 14.1. The molecule has 1 unspecified atom stereocenters. The summed E-state index contributed by atoms with van der Waals surface area (Å²) in [5, 5.41) is 12.3. The normalized spacial score (nSPS) is 14.8. The van der Waals surface area contributed by atoms with Crippen LogP contribution in [-0.2, 0) is 10.3 Å². The molecule has 0 saturated carbocycles. The number of aliphatic hydroxyl groups is 1. The van der Waals surface area contributed by atoms with E-state index in [-0.39, 0.29) is 13.0 Å². The average Bonchev–Trinajstić information content (AvgIpc) is 2.61. The lowest BCUT2D eigenvalue weighted by molar-refractivity contribution is -0.0979. The van der Waals surface area contributed by atoms with Crippen LogP contribution >= 0.6 is 34.2 Å². The van der Waals surface area contributed by atoms with Gasteiger partial charge in [0.15, 0.2) is 0 Å². The van der Waals surface area contributed by atoms with Crippen molar-refractivity contribution in [1.82, 2.24) is 0 Å². The van der Waals surface area contributed by atoms with Crippen LogP contribution in [0.5, 0.6) is 5.75 Å². The molecule has 0 heterocycles. The number of primary amides is 1. The SMILES string of the molecule is CC(C)(C)[C@](O)(CC(COC(N)=O)Oc1ccc(I)cc1)c1ccc(Cl)cc1. The minimum atomic E-state index is -1.26. The first kappa shape index (κ1) is 22.8. The second-order valence-corrected chi connectivity index (χ2v) is 9.33. The molecular formula is C21H25ClINO4. The van der Waals surface area contributed by atoms with Crippen LogP contribution in [0.1, 0.15) is 32.8 Å². The van der Waals surface area contributed by atoms with Gasteiger partial charge in [0, 0.05) is 15.0 Å². The first-order chi connectivity index (χ1) is 13.0. The van der Waals surface area contributed by atoms with E-state index in [1.165, 1.54) is 0 Å². The number of ether oxygens (including phenoxy) is 2. The molecule has 2 aromatic rings. The van der Waals surface area contributed by atoms with Crippen LogP contribution in [0.25, 0.3) is 0 Å². The molecule has 28 heavy (non-hydrogen) atoms. The van der Waals surface area contributed by atoms with Gasteiger partial charge >= 0.3 is 6.09 Å². The Balaban J connectivity index is 2.34. The van der Waals surface area contributed by atoms with E-state index in [0.717, 1.165) is 3.57 Å². The van der Waals surface area contributed by atoms with E-state index < -0.39 is 23.2 Å². The molecular weight excluding hydrogens is 493 g/mol. The van der Waals surface area contributed by atoms with Crippen molar-refractivity contribution in [3.05, 3.63) is 62.7 Å². The lowest BCUT2D eigenvalue weighted by atomic mass is 9.69. The molecule has 1 amide bonds. The van der Waals surface area contributed by atoms with Crippen molar-refractivity contribution in [3.63, 3.8) is 0 Å². The van der Waals surface area contributed by atoms with Gasteiger partial charge in [0.2, 0.25) is 0 Å². The fourth-order valence-corrected chi connectivity index (χ4v) is 3.41. The lowest BCUT2D eigenvalue weighted by Gasteiger charge is -2.42. The monoisotopic (exact) mass is 517 g/mol. The third-order valence-corrected chi connectivity index (χ3v) is 5.58. The van der Waals surface area contributed by atoms with Crippen LogP contribution < -0.4 is 10.5 Å². The summed E-state index contributed by atoms with van der Waals surface area (Å²) in [4.78, 5) is 11.1. The molecule has 2 aromatic carbocycles. The molecule has 0 aliphatic carbocycles. The molecule has 0 spiro atoms. The van der Waals surface area contributed by atoms with Gasteiger partial charge in [-0.25, -0.2) is 4.79 Å². The zero-order valence-corrected chi connectivity index (χ0v) is 19.0. The molecule has 0 radical (unpaired) electrons. The quantitative estimate of drug-likeness (QED) is 0.500.